The van der Waals surface area contributed by atoms with Crippen molar-refractivity contribution in [3.05, 3.63) is 34.6 Å². The number of nitrogens with two attached hydrogens (primary N) is 1. The van der Waals surface area contributed by atoms with E-state index >= 15 is 0 Å². The lowest BCUT2D eigenvalue weighted by molar-refractivity contribution is 0.186. The molecule has 0 bridgehead atoms. The number of guanidine groups is 1. The maximum absolute atomic E-state index is 13.4. The van der Waals surface area contributed by atoms with Crippen LogP contribution in [0.5, 0.6) is 0 Å². The summed E-state index contributed by atoms with van der Waals surface area (Å²) in [6.45, 7) is 1.92. The maximum atomic E-state index is 13.4. The molecule has 124 valence electrons. The lowest BCUT2D eigenvalue weighted by Crippen LogP contribution is -2.38. The molecule has 1 unspecified atom stereocenters. The highest BCUT2D eigenvalue weighted by atomic mass is 127. The van der Waals surface area contributed by atoms with Gasteiger partial charge in [0.2, 0.25) is 0 Å². The normalized spacial score (nSPS) is 17.6. The highest BCUT2D eigenvalue weighted by Crippen LogP contribution is 2.20. The fourth-order valence-corrected chi connectivity index (χ4v) is 2.52. The summed E-state index contributed by atoms with van der Waals surface area (Å²) in [4.78, 5) is 6.28. The molecule has 4 nitrogen and oxygen atoms in total. The molecule has 1 saturated heterocycles. The Bertz CT molecular complexity index is 508. The first-order valence-corrected chi connectivity index (χ1v) is 7.63. The number of hydrogen-bond donors (Lipinski definition) is 2. The summed E-state index contributed by atoms with van der Waals surface area (Å²) in [6.07, 6.45) is 3.78. The lowest BCUT2D eigenvalue weighted by atomic mass is 10.1. The zero-order chi connectivity index (χ0) is 15.2. The zero-order valence-corrected chi connectivity index (χ0v) is 15.4. The summed E-state index contributed by atoms with van der Waals surface area (Å²) in [5.74, 6) is -0.0944. The molecule has 0 aromatic heterocycles. The second-order valence-corrected chi connectivity index (χ2v) is 5.70. The number of hydrogen-bond acceptors (Lipinski definition) is 2. The predicted octanol–water partition coefficient (Wildman–Crippen LogP) is 3.32. The van der Waals surface area contributed by atoms with Gasteiger partial charge in [-0.05, 0) is 30.5 Å². The van der Waals surface area contributed by atoms with Gasteiger partial charge in [-0.25, -0.2) is 4.39 Å². The van der Waals surface area contributed by atoms with E-state index in [9.17, 15) is 9.50 Å². The number of nitrogens with zero attached hydrogens (tertiary/aromatic N) is 2. The Balaban J connectivity index is 0.00000242. The number of aliphatic hydroxyl groups excluding tert-OH is 1. The van der Waals surface area contributed by atoms with Gasteiger partial charge in [0, 0.05) is 13.1 Å². The highest BCUT2D eigenvalue weighted by molar-refractivity contribution is 14.0. The molecule has 22 heavy (non-hydrogen) atoms. The van der Waals surface area contributed by atoms with E-state index in [2.05, 4.69) is 4.99 Å². The number of aliphatic imine (C=N–C) groups is 1. The first kappa shape index (κ1) is 19.4. The van der Waals surface area contributed by atoms with Gasteiger partial charge in [0.25, 0.3) is 0 Å². The van der Waals surface area contributed by atoms with Gasteiger partial charge in [-0.3, -0.25) is 4.99 Å². The van der Waals surface area contributed by atoms with Gasteiger partial charge >= 0.3 is 0 Å². The summed E-state index contributed by atoms with van der Waals surface area (Å²) < 4.78 is 13.4. The van der Waals surface area contributed by atoms with E-state index in [0.29, 0.717) is 11.5 Å². The fourth-order valence-electron chi connectivity index (χ4n) is 2.40. The van der Waals surface area contributed by atoms with Gasteiger partial charge in [-0.15, -0.1) is 24.0 Å². The first-order valence-electron chi connectivity index (χ1n) is 7.26. The van der Waals surface area contributed by atoms with Crippen LogP contribution in [0.2, 0.25) is 5.02 Å². The van der Waals surface area contributed by atoms with Gasteiger partial charge in [0.15, 0.2) is 5.96 Å². The van der Waals surface area contributed by atoms with E-state index in [0.717, 1.165) is 25.9 Å². The van der Waals surface area contributed by atoms with Crippen LogP contribution in [-0.4, -0.2) is 35.6 Å². The molecule has 1 aromatic rings. The van der Waals surface area contributed by atoms with E-state index in [-0.39, 0.29) is 35.5 Å². The summed E-state index contributed by atoms with van der Waals surface area (Å²) in [6, 6.07) is 4.25. The molecule has 1 aliphatic heterocycles. The van der Waals surface area contributed by atoms with Gasteiger partial charge in [-0.2, -0.15) is 0 Å². The van der Waals surface area contributed by atoms with E-state index in [4.69, 9.17) is 17.3 Å². The molecule has 7 heteroatoms. The molecule has 0 aliphatic carbocycles. The van der Waals surface area contributed by atoms with Crippen molar-refractivity contribution >= 4 is 41.5 Å². The summed E-state index contributed by atoms with van der Waals surface area (Å²) >= 11 is 5.62. The molecule has 0 radical (unpaired) electrons. The average Bonchev–Trinajstić information content (AvgIpc) is 2.76. The van der Waals surface area contributed by atoms with Crippen LogP contribution in [0.15, 0.2) is 23.2 Å². The van der Waals surface area contributed by atoms with Crippen molar-refractivity contribution in [2.75, 3.05) is 19.6 Å². The lowest BCUT2D eigenvalue weighted by Gasteiger charge is -2.21. The van der Waals surface area contributed by atoms with Crippen LogP contribution in [0, 0.1) is 5.82 Å². The van der Waals surface area contributed by atoms with Crippen molar-refractivity contribution in [3.63, 3.8) is 0 Å². The van der Waals surface area contributed by atoms with Crippen LogP contribution in [0.1, 0.15) is 37.4 Å². The SMILES string of the molecule is I.NC(=NCC(O)c1ccc(Cl)c(F)c1)N1CCCCCC1. The van der Waals surface area contributed by atoms with Crippen molar-refractivity contribution in [1.29, 1.82) is 0 Å². The molecule has 1 fully saturated rings. The topological polar surface area (TPSA) is 61.9 Å². The van der Waals surface area contributed by atoms with E-state index in [1.165, 1.54) is 25.0 Å². The van der Waals surface area contributed by atoms with Gasteiger partial charge in [-0.1, -0.05) is 30.5 Å². The first-order chi connectivity index (χ1) is 10.1. The van der Waals surface area contributed by atoms with Crippen molar-refractivity contribution in [2.24, 2.45) is 10.7 Å². The van der Waals surface area contributed by atoms with Crippen molar-refractivity contribution in [1.82, 2.24) is 4.90 Å². The van der Waals surface area contributed by atoms with Crippen molar-refractivity contribution < 1.29 is 9.50 Å². The number of likely N-dealkylation sites (tertiary alicyclic amines) is 1. The molecule has 2 rings (SSSR count). The predicted molar refractivity (Wildman–Crippen MR) is 98.3 cm³/mol. The van der Waals surface area contributed by atoms with Crippen molar-refractivity contribution in [3.8, 4) is 0 Å². The van der Waals surface area contributed by atoms with Gasteiger partial charge in [0.05, 0.1) is 17.7 Å². The summed E-state index contributed by atoms with van der Waals surface area (Å²) in [5, 5.41) is 10.1. The Kier molecular flexibility index (Phi) is 8.41. The zero-order valence-electron chi connectivity index (χ0n) is 12.3. The van der Waals surface area contributed by atoms with Crippen LogP contribution < -0.4 is 5.73 Å². The van der Waals surface area contributed by atoms with Crippen LogP contribution >= 0.6 is 35.6 Å². The molecule has 0 spiro atoms. The standard InChI is InChI=1S/C15H21ClFN3O.HI/c16-12-6-5-11(9-13(12)17)14(21)10-19-15(18)20-7-3-1-2-4-8-20;/h5-6,9,14,21H,1-4,7-8,10H2,(H2,18,19);1H. The number of rotatable bonds is 3. The smallest absolute Gasteiger partial charge is 0.191 e. The molecular weight excluding hydrogens is 420 g/mol. The largest absolute Gasteiger partial charge is 0.386 e. The fraction of sp³-hybridized carbons (Fsp3) is 0.533. The second-order valence-electron chi connectivity index (χ2n) is 5.29. The van der Waals surface area contributed by atoms with E-state index in [1.54, 1.807) is 6.07 Å². The molecular formula is C15H22ClFIN3O. The minimum absolute atomic E-state index is 0. The molecule has 3 N–H and O–H groups in total. The molecule has 1 heterocycles. The van der Waals surface area contributed by atoms with Crippen LogP contribution in [0.25, 0.3) is 0 Å². The van der Waals surface area contributed by atoms with Gasteiger partial charge < -0.3 is 15.7 Å². The Hall–Kier alpha value is -0.600. The molecule has 1 atom stereocenters. The maximum Gasteiger partial charge on any atom is 0.191 e. The van der Waals surface area contributed by atoms with E-state index in [1.807, 2.05) is 4.90 Å². The van der Waals surface area contributed by atoms with Crippen LogP contribution in [-0.2, 0) is 0 Å². The Morgan fingerprint density at radius 1 is 1.32 bits per heavy atom. The average molecular weight is 442 g/mol. The molecule has 0 amide bonds. The number of benzene rings is 1. The third kappa shape index (κ3) is 5.55. The summed E-state index contributed by atoms with van der Waals surface area (Å²) in [7, 11) is 0. The van der Waals surface area contributed by atoms with Crippen LogP contribution in [0.4, 0.5) is 4.39 Å². The van der Waals surface area contributed by atoms with E-state index < -0.39 is 11.9 Å². The molecule has 1 aliphatic rings. The van der Waals surface area contributed by atoms with Crippen molar-refractivity contribution in [2.45, 2.75) is 31.8 Å². The Morgan fingerprint density at radius 2 is 1.95 bits per heavy atom. The minimum Gasteiger partial charge on any atom is -0.386 e. The quantitative estimate of drug-likeness (QED) is 0.430. The number of halogens is 3. The number of aliphatic hydroxyl groups is 1. The minimum atomic E-state index is -0.887. The highest BCUT2D eigenvalue weighted by Gasteiger charge is 2.13. The summed E-state index contributed by atoms with van der Waals surface area (Å²) in [5.41, 5.74) is 6.42. The molecule has 0 saturated carbocycles. The van der Waals surface area contributed by atoms with Gasteiger partial charge in [0.1, 0.15) is 5.82 Å². The van der Waals surface area contributed by atoms with Crippen LogP contribution in [0.3, 0.4) is 0 Å². The Labute approximate surface area is 152 Å². The second kappa shape index (κ2) is 9.52. The monoisotopic (exact) mass is 441 g/mol. The molecule has 1 aromatic carbocycles. The third-order valence-electron chi connectivity index (χ3n) is 3.68. The Morgan fingerprint density at radius 3 is 2.55 bits per heavy atom. The third-order valence-corrected chi connectivity index (χ3v) is 3.99.